The van der Waals surface area contributed by atoms with Crippen molar-refractivity contribution in [1.82, 2.24) is 5.32 Å². The zero-order valence-corrected chi connectivity index (χ0v) is 17.1. The number of alkyl carbamates (subject to hydrolysis) is 1. The summed E-state index contributed by atoms with van der Waals surface area (Å²) in [5.74, 6) is 0.397. The summed E-state index contributed by atoms with van der Waals surface area (Å²) in [7, 11) is 1.26. The molecule has 8 heteroatoms. The minimum atomic E-state index is -0.661. The Morgan fingerprint density at radius 1 is 1.19 bits per heavy atom. The molecule has 1 heterocycles. The van der Waals surface area contributed by atoms with Crippen molar-refractivity contribution < 1.29 is 14.3 Å². The van der Waals surface area contributed by atoms with E-state index in [-0.39, 0.29) is 11.0 Å². The summed E-state index contributed by atoms with van der Waals surface area (Å²) in [6, 6.07) is 9.73. The number of ether oxygens (including phenoxy) is 1. The molecule has 0 aliphatic rings. The lowest BCUT2D eigenvalue weighted by Crippen LogP contribution is -2.34. The molecule has 27 heavy (non-hydrogen) atoms. The summed E-state index contributed by atoms with van der Waals surface area (Å²) < 4.78 is 4.56. The van der Waals surface area contributed by atoms with Gasteiger partial charge in [-0.1, -0.05) is 44.2 Å². The Balaban J connectivity index is 2.25. The van der Waals surface area contributed by atoms with Gasteiger partial charge in [0.1, 0.15) is 5.00 Å². The molecule has 2 rings (SSSR count). The van der Waals surface area contributed by atoms with Crippen LogP contribution in [0.5, 0.6) is 0 Å². The largest absolute Gasteiger partial charge is 0.453 e. The number of carbonyl (C=O) groups excluding carboxylic acids is 2. The Labute approximate surface area is 168 Å². The van der Waals surface area contributed by atoms with Crippen LogP contribution in [0, 0.1) is 5.92 Å². The lowest BCUT2D eigenvalue weighted by molar-refractivity contribution is -0.116. The first kappa shape index (κ1) is 20.9. The van der Waals surface area contributed by atoms with Crippen LogP contribution in [0.4, 0.5) is 15.5 Å². The molecule has 1 aromatic carbocycles. The van der Waals surface area contributed by atoms with E-state index in [0.717, 1.165) is 17.5 Å². The third-order valence-corrected chi connectivity index (χ3v) is 4.82. The Hall–Kier alpha value is -2.45. The Bertz CT molecular complexity index is 804. The fraction of sp³-hybridized carbons (Fsp3) is 0.316. The van der Waals surface area contributed by atoms with E-state index in [2.05, 4.69) is 34.5 Å². The quantitative estimate of drug-likeness (QED) is 0.599. The van der Waals surface area contributed by atoms with E-state index < -0.39 is 6.09 Å². The summed E-state index contributed by atoms with van der Waals surface area (Å²) in [5.41, 5.74) is 2.50. The lowest BCUT2D eigenvalue weighted by atomic mass is 10.1. The van der Waals surface area contributed by atoms with Gasteiger partial charge in [-0.15, -0.1) is 11.3 Å². The fourth-order valence-electron chi connectivity index (χ4n) is 2.30. The molecule has 0 radical (unpaired) electrons. The highest BCUT2D eigenvalue weighted by Gasteiger charge is 2.17. The highest BCUT2D eigenvalue weighted by Crippen LogP contribution is 2.40. The van der Waals surface area contributed by atoms with Crippen LogP contribution in [-0.2, 0) is 9.53 Å². The molecule has 2 aromatic rings. The van der Waals surface area contributed by atoms with Crippen molar-refractivity contribution in [2.24, 2.45) is 5.92 Å². The molecule has 0 aliphatic heterocycles. The predicted molar refractivity (Wildman–Crippen MR) is 114 cm³/mol. The number of anilines is 2. The molecule has 0 atom stereocenters. The van der Waals surface area contributed by atoms with E-state index in [1.807, 2.05) is 35.7 Å². The van der Waals surface area contributed by atoms with Crippen molar-refractivity contribution in [1.29, 1.82) is 0 Å². The maximum Gasteiger partial charge on any atom is 0.413 e. The molecular weight excluding hydrogens is 382 g/mol. The van der Waals surface area contributed by atoms with Gasteiger partial charge in [-0.25, -0.2) is 4.79 Å². The van der Waals surface area contributed by atoms with E-state index in [9.17, 15) is 9.59 Å². The van der Waals surface area contributed by atoms with Crippen LogP contribution < -0.4 is 16.0 Å². The maximum absolute atomic E-state index is 12.3. The van der Waals surface area contributed by atoms with Gasteiger partial charge in [0.2, 0.25) is 5.91 Å². The van der Waals surface area contributed by atoms with E-state index in [1.165, 1.54) is 18.4 Å². The predicted octanol–water partition coefficient (Wildman–Crippen LogP) is 4.84. The number of rotatable bonds is 6. The summed E-state index contributed by atoms with van der Waals surface area (Å²) in [4.78, 5) is 23.7. The number of hydrogen-bond acceptors (Lipinski definition) is 5. The molecule has 0 unspecified atom stereocenters. The second-order valence-electron chi connectivity index (χ2n) is 6.27. The molecule has 0 aliphatic carbocycles. The molecule has 0 bridgehead atoms. The first-order valence-electron chi connectivity index (χ1n) is 8.53. The Morgan fingerprint density at radius 2 is 1.89 bits per heavy atom. The number of thiophene rings is 1. The van der Waals surface area contributed by atoms with Gasteiger partial charge in [-0.3, -0.25) is 10.1 Å². The van der Waals surface area contributed by atoms with Crippen LogP contribution >= 0.6 is 23.6 Å². The van der Waals surface area contributed by atoms with Gasteiger partial charge in [0, 0.05) is 17.4 Å². The van der Waals surface area contributed by atoms with Crippen molar-refractivity contribution in [2.75, 3.05) is 17.7 Å². The fourth-order valence-corrected chi connectivity index (χ4v) is 3.43. The summed E-state index contributed by atoms with van der Waals surface area (Å²) in [6.45, 7) is 4.16. The SMILES string of the molecule is COC(=O)NC(=S)Nc1c(-c2ccccc2)csc1NC(=O)CCC(C)C. The topological polar surface area (TPSA) is 79.5 Å². The molecule has 3 N–H and O–H groups in total. The third-order valence-electron chi connectivity index (χ3n) is 3.72. The van der Waals surface area contributed by atoms with E-state index in [4.69, 9.17) is 12.2 Å². The number of amides is 2. The molecule has 0 saturated heterocycles. The maximum atomic E-state index is 12.3. The van der Waals surface area contributed by atoms with Crippen molar-refractivity contribution >= 4 is 51.4 Å². The normalized spacial score (nSPS) is 10.4. The highest BCUT2D eigenvalue weighted by atomic mass is 32.1. The van der Waals surface area contributed by atoms with Gasteiger partial charge in [0.15, 0.2) is 5.11 Å². The van der Waals surface area contributed by atoms with E-state index in [0.29, 0.717) is 23.0 Å². The van der Waals surface area contributed by atoms with Crippen LogP contribution in [0.2, 0.25) is 0 Å². The standard InChI is InChI=1S/C19H23N3O3S2/c1-12(2)9-10-15(23)20-17-16(21-18(26)22-19(24)25-3)14(11-27-17)13-7-5-4-6-8-13/h4-8,11-12H,9-10H2,1-3H3,(H,20,23)(H2,21,22,24,26). The molecule has 0 spiro atoms. The first-order valence-corrected chi connectivity index (χ1v) is 9.82. The molecule has 1 aromatic heterocycles. The van der Waals surface area contributed by atoms with Gasteiger partial charge in [-0.2, -0.15) is 0 Å². The Kier molecular flexibility index (Phi) is 7.75. The number of benzene rings is 1. The summed E-state index contributed by atoms with van der Waals surface area (Å²) in [6.07, 6.45) is 0.598. The number of methoxy groups -OCH3 is 1. The van der Waals surface area contributed by atoms with Crippen LogP contribution in [0.15, 0.2) is 35.7 Å². The molecule has 2 amide bonds. The molecular formula is C19H23N3O3S2. The van der Waals surface area contributed by atoms with E-state index >= 15 is 0 Å². The van der Waals surface area contributed by atoms with Gasteiger partial charge < -0.3 is 15.4 Å². The van der Waals surface area contributed by atoms with Crippen molar-refractivity contribution in [3.63, 3.8) is 0 Å². The Morgan fingerprint density at radius 3 is 2.52 bits per heavy atom. The van der Waals surface area contributed by atoms with Crippen LogP contribution in [0.3, 0.4) is 0 Å². The molecule has 0 saturated carbocycles. The van der Waals surface area contributed by atoms with Gasteiger partial charge >= 0.3 is 6.09 Å². The van der Waals surface area contributed by atoms with Crippen LogP contribution in [0.1, 0.15) is 26.7 Å². The minimum Gasteiger partial charge on any atom is -0.453 e. The number of thiocarbonyl (C=S) groups is 1. The van der Waals surface area contributed by atoms with Crippen LogP contribution in [0.25, 0.3) is 11.1 Å². The van der Waals surface area contributed by atoms with Gasteiger partial charge in [-0.05, 0) is 30.1 Å². The van der Waals surface area contributed by atoms with Gasteiger partial charge in [0.25, 0.3) is 0 Å². The zero-order valence-electron chi connectivity index (χ0n) is 15.5. The second-order valence-corrected chi connectivity index (χ2v) is 7.56. The summed E-state index contributed by atoms with van der Waals surface area (Å²) in [5, 5.41) is 11.1. The van der Waals surface area contributed by atoms with Crippen molar-refractivity contribution in [3.8, 4) is 11.1 Å². The van der Waals surface area contributed by atoms with Crippen LogP contribution in [-0.4, -0.2) is 24.2 Å². The van der Waals surface area contributed by atoms with E-state index in [1.54, 1.807) is 0 Å². The lowest BCUT2D eigenvalue weighted by Gasteiger charge is -2.13. The third kappa shape index (κ3) is 6.33. The summed E-state index contributed by atoms with van der Waals surface area (Å²) >= 11 is 6.58. The number of nitrogens with one attached hydrogen (secondary N) is 3. The average molecular weight is 406 g/mol. The second kappa shape index (κ2) is 10.0. The molecule has 6 nitrogen and oxygen atoms in total. The molecule has 0 fully saturated rings. The minimum absolute atomic E-state index is 0.0555. The highest BCUT2D eigenvalue weighted by molar-refractivity contribution is 7.80. The first-order chi connectivity index (χ1) is 12.9. The average Bonchev–Trinajstić information content (AvgIpc) is 3.02. The number of hydrogen-bond donors (Lipinski definition) is 3. The molecule has 144 valence electrons. The van der Waals surface area contributed by atoms with Crippen molar-refractivity contribution in [3.05, 3.63) is 35.7 Å². The monoisotopic (exact) mass is 405 g/mol. The number of carbonyl (C=O) groups is 2. The smallest absolute Gasteiger partial charge is 0.413 e. The zero-order chi connectivity index (χ0) is 19.8. The van der Waals surface area contributed by atoms with Gasteiger partial charge in [0.05, 0.1) is 12.8 Å². The van der Waals surface area contributed by atoms with Crippen molar-refractivity contribution in [2.45, 2.75) is 26.7 Å².